The van der Waals surface area contributed by atoms with Crippen molar-refractivity contribution in [1.82, 2.24) is 14.8 Å². The molecule has 1 aromatic heterocycles. The number of nitrogens with zero attached hydrogens (tertiary/aromatic N) is 3. The highest BCUT2D eigenvalue weighted by atomic mass is 19.1. The van der Waals surface area contributed by atoms with Crippen LogP contribution in [0.1, 0.15) is 19.0 Å². The molecule has 2 aromatic rings. The monoisotopic (exact) mass is 416 g/mol. The second-order valence-corrected chi connectivity index (χ2v) is 7.41. The van der Waals surface area contributed by atoms with E-state index >= 15 is 0 Å². The fourth-order valence-electron chi connectivity index (χ4n) is 3.55. The number of piperazine rings is 1. The Morgan fingerprint density at radius 3 is 2.50 bits per heavy atom. The van der Waals surface area contributed by atoms with Crippen molar-refractivity contribution >= 4 is 11.6 Å². The lowest BCUT2D eigenvalue weighted by atomic mass is 10.2. The summed E-state index contributed by atoms with van der Waals surface area (Å²) < 4.78 is 20.1. The van der Waals surface area contributed by atoms with Crippen molar-refractivity contribution in [2.75, 3.05) is 44.7 Å². The van der Waals surface area contributed by atoms with E-state index in [0.29, 0.717) is 13.1 Å². The second-order valence-electron chi connectivity index (χ2n) is 7.41. The topological polar surface area (TPSA) is 66.8 Å². The zero-order valence-electron chi connectivity index (χ0n) is 17.6. The SMILES string of the molecule is CCCNC(=O)Cn1cc(OC)c(=O)cc1CN1CCN(c2ccc(F)cc2)CC1. The van der Waals surface area contributed by atoms with E-state index in [1.807, 2.05) is 6.92 Å². The largest absolute Gasteiger partial charge is 0.491 e. The molecule has 1 amide bonds. The number of halogens is 1. The van der Waals surface area contributed by atoms with E-state index in [1.165, 1.54) is 19.2 Å². The molecule has 1 aromatic carbocycles. The predicted molar refractivity (Wildman–Crippen MR) is 114 cm³/mol. The van der Waals surface area contributed by atoms with Gasteiger partial charge in [-0.2, -0.15) is 0 Å². The Hall–Kier alpha value is -2.87. The molecule has 7 nitrogen and oxygen atoms in total. The average Bonchev–Trinajstić information content (AvgIpc) is 2.75. The molecule has 162 valence electrons. The number of carbonyl (C=O) groups is 1. The molecule has 0 saturated carbocycles. The van der Waals surface area contributed by atoms with Gasteiger partial charge in [-0.3, -0.25) is 14.5 Å². The minimum Gasteiger partial charge on any atom is -0.491 e. The quantitative estimate of drug-likeness (QED) is 0.711. The molecule has 0 aliphatic carbocycles. The third kappa shape index (κ3) is 5.60. The van der Waals surface area contributed by atoms with Gasteiger partial charge in [0.05, 0.1) is 13.3 Å². The summed E-state index contributed by atoms with van der Waals surface area (Å²) in [6.45, 7) is 6.56. The van der Waals surface area contributed by atoms with Crippen molar-refractivity contribution < 1.29 is 13.9 Å². The van der Waals surface area contributed by atoms with Crippen LogP contribution < -0.4 is 20.4 Å². The maximum absolute atomic E-state index is 13.1. The van der Waals surface area contributed by atoms with E-state index in [4.69, 9.17) is 4.74 Å². The lowest BCUT2D eigenvalue weighted by Crippen LogP contribution is -2.46. The van der Waals surface area contributed by atoms with Crippen molar-refractivity contribution in [3.63, 3.8) is 0 Å². The summed E-state index contributed by atoms with van der Waals surface area (Å²) >= 11 is 0. The van der Waals surface area contributed by atoms with Crippen LogP contribution in [0.3, 0.4) is 0 Å². The van der Waals surface area contributed by atoms with Crippen LogP contribution in [0.4, 0.5) is 10.1 Å². The second kappa shape index (κ2) is 10.2. The smallest absolute Gasteiger partial charge is 0.239 e. The van der Waals surface area contributed by atoms with Gasteiger partial charge in [0, 0.05) is 56.7 Å². The Morgan fingerprint density at radius 2 is 1.87 bits per heavy atom. The zero-order valence-corrected chi connectivity index (χ0v) is 17.6. The first-order chi connectivity index (χ1) is 14.5. The third-order valence-corrected chi connectivity index (χ3v) is 5.24. The number of benzene rings is 1. The van der Waals surface area contributed by atoms with Gasteiger partial charge in [-0.1, -0.05) is 6.92 Å². The Bertz CT molecular complexity index is 906. The van der Waals surface area contributed by atoms with Crippen LogP contribution in [-0.4, -0.2) is 55.2 Å². The van der Waals surface area contributed by atoms with Crippen LogP contribution in [0, 0.1) is 5.82 Å². The molecule has 0 unspecified atom stereocenters. The molecule has 30 heavy (non-hydrogen) atoms. The van der Waals surface area contributed by atoms with E-state index in [0.717, 1.165) is 44.0 Å². The fraction of sp³-hybridized carbons (Fsp3) is 0.455. The number of anilines is 1. The molecule has 1 fully saturated rings. The Kier molecular flexibility index (Phi) is 7.46. The van der Waals surface area contributed by atoms with Crippen molar-refractivity contribution in [2.24, 2.45) is 0 Å². The number of amides is 1. The van der Waals surface area contributed by atoms with Gasteiger partial charge < -0.3 is 19.5 Å². The number of carbonyl (C=O) groups excluding carboxylic acids is 1. The lowest BCUT2D eigenvalue weighted by molar-refractivity contribution is -0.121. The van der Waals surface area contributed by atoms with Crippen molar-refractivity contribution in [1.29, 1.82) is 0 Å². The standard InChI is InChI=1S/C22H29FN4O3/c1-3-8-24-22(29)16-27-15-21(30-2)20(28)13-19(27)14-25-9-11-26(12-10-25)18-6-4-17(23)5-7-18/h4-7,13,15H,3,8-12,14,16H2,1-2H3,(H,24,29). The Balaban J connectivity index is 1.68. The van der Waals surface area contributed by atoms with Gasteiger partial charge in [-0.15, -0.1) is 0 Å². The molecule has 1 aliphatic heterocycles. The van der Waals surface area contributed by atoms with Gasteiger partial charge in [0.25, 0.3) is 0 Å². The average molecular weight is 416 g/mol. The van der Waals surface area contributed by atoms with E-state index in [2.05, 4.69) is 15.1 Å². The fourth-order valence-corrected chi connectivity index (χ4v) is 3.55. The highest BCUT2D eigenvalue weighted by Gasteiger charge is 2.19. The van der Waals surface area contributed by atoms with Crippen LogP contribution in [0.2, 0.25) is 0 Å². The molecular formula is C22H29FN4O3. The predicted octanol–water partition coefficient (Wildman–Crippen LogP) is 1.84. The lowest BCUT2D eigenvalue weighted by Gasteiger charge is -2.36. The summed E-state index contributed by atoms with van der Waals surface area (Å²) in [4.78, 5) is 29.0. The van der Waals surface area contributed by atoms with E-state index < -0.39 is 0 Å². The van der Waals surface area contributed by atoms with E-state index in [9.17, 15) is 14.0 Å². The highest BCUT2D eigenvalue weighted by molar-refractivity contribution is 5.75. The highest BCUT2D eigenvalue weighted by Crippen LogP contribution is 2.18. The number of rotatable bonds is 8. The molecule has 1 N–H and O–H groups in total. The number of ether oxygens (including phenoxy) is 1. The van der Waals surface area contributed by atoms with Gasteiger partial charge in [0.2, 0.25) is 11.3 Å². The molecule has 0 atom stereocenters. The van der Waals surface area contributed by atoms with Gasteiger partial charge in [0.15, 0.2) is 5.75 Å². The molecular weight excluding hydrogens is 387 g/mol. The van der Waals surface area contributed by atoms with Crippen LogP contribution in [0.25, 0.3) is 0 Å². The molecule has 8 heteroatoms. The molecule has 3 rings (SSSR count). The number of aromatic nitrogens is 1. The number of hydrogen-bond acceptors (Lipinski definition) is 5. The van der Waals surface area contributed by atoms with Crippen LogP contribution in [-0.2, 0) is 17.9 Å². The Morgan fingerprint density at radius 1 is 1.17 bits per heavy atom. The summed E-state index contributed by atoms with van der Waals surface area (Å²) in [5, 5.41) is 2.87. The number of hydrogen-bond donors (Lipinski definition) is 1. The van der Waals surface area contributed by atoms with Crippen molar-refractivity contribution in [3.05, 3.63) is 58.3 Å². The normalized spacial score (nSPS) is 14.6. The molecule has 0 bridgehead atoms. The summed E-state index contributed by atoms with van der Waals surface area (Å²) in [5.41, 5.74) is 1.59. The summed E-state index contributed by atoms with van der Waals surface area (Å²) in [6.07, 6.45) is 2.47. The first kappa shape index (κ1) is 21.8. The zero-order chi connectivity index (χ0) is 21.5. The van der Waals surface area contributed by atoms with Gasteiger partial charge >= 0.3 is 0 Å². The minimum absolute atomic E-state index is 0.0927. The number of nitrogens with one attached hydrogen (secondary N) is 1. The van der Waals surface area contributed by atoms with Gasteiger partial charge in [-0.25, -0.2) is 4.39 Å². The van der Waals surface area contributed by atoms with Crippen LogP contribution in [0.15, 0.2) is 41.3 Å². The minimum atomic E-state index is -0.238. The van der Waals surface area contributed by atoms with E-state index in [1.54, 1.807) is 29.0 Å². The van der Waals surface area contributed by atoms with Crippen molar-refractivity contribution in [2.45, 2.75) is 26.4 Å². The van der Waals surface area contributed by atoms with Crippen LogP contribution >= 0.6 is 0 Å². The summed E-state index contributed by atoms with van der Waals surface area (Å²) in [7, 11) is 1.45. The van der Waals surface area contributed by atoms with Gasteiger partial charge in [-0.05, 0) is 30.7 Å². The van der Waals surface area contributed by atoms with Crippen LogP contribution in [0.5, 0.6) is 5.75 Å². The summed E-state index contributed by atoms with van der Waals surface area (Å²) in [5.74, 6) is -0.106. The first-order valence-electron chi connectivity index (χ1n) is 10.3. The Labute approximate surface area is 176 Å². The number of pyridine rings is 1. The van der Waals surface area contributed by atoms with Crippen molar-refractivity contribution in [3.8, 4) is 5.75 Å². The maximum Gasteiger partial charge on any atom is 0.239 e. The molecule has 2 heterocycles. The molecule has 1 aliphatic rings. The number of methoxy groups -OCH3 is 1. The molecule has 0 radical (unpaired) electrons. The molecule has 1 saturated heterocycles. The maximum atomic E-state index is 13.1. The summed E-state index contributed by atoms with van der Waals surface area (Å²) in [6, 6.07) is 8.09. The van der Waals surface area contributed by atoms with Gasteiger partial charge in [0.1, 0.15) is 12.4 Å². The third-order valence-electron chi connectivity index (χ3n) is 5.24. The molecule has 0 spiro atoms. The van der Waals surface area contributed by atoms with E-state index in [-0.39, 0.29) is 29.4 Å². The first-order valence-corrected chi connectivity index (χ1v) is 10.3.